The van der Waals surface area contributed by atoms with Crippen molar-refractivity contribution >= 4 is 11.9 Å². The van der Waals surface area contributed by atoms with E-state index < -0.39 is 0 Å². The van der Waals surface area contributed by atoms with E-state index in [-0.39, 0.29) is 23.8 Å². The molecule has 4 heteroatoms. The topological polar surface area (TPSA) is 52.6 Å². The number of unbranched alkanes of at least 4 members (excludes halogenated alkanes) is 8. The Balaban J connectivity index is 4.42. The number of esters is 2. The summed E-state index contributed by atoms with van der Waals surface area (Å²) < 4.78 is 11.1. The van der Waals surface area contributed by atoms with E-state index in [1.165, 1.54) is 38.5 Å². The molecule has 2 unspecified atom stereocenters. The smallest absolute Gasteiger partial charge is 0.308 e. The second-order valence-corrected chi connectivity index (χ2v) is 8.37. The number of carbonyl (C=O) groups is 2. The summed E-state index contributed by atoms with van der Waals surface area (Å²) in [6.45, 7) is 9.55. The first-order valence-electron chi connectivity index (χ1n) is 12.4. The lowest BCUT2D eigenvalue weighted by Crippen LogP contribution is -2.26. The monoisotopic (exact) mass is 412 g/mol. The van der Waals surface area contributed by atoms with Gasteiger partial charge in [-0.25, -0.2) is 0 Å². The number of hydrogen-bond acceptors (Lipinski definition) is 4. The molecule has 0 rings (SSSR count). The maximum atomic E-state index is 12.6. The van der Waals surface area contributed by atoms with E-state index in [4.69, 9.17) is 9.47 Å². The highest BCUT2D eigenvalue weighted by Crippen LogP contribution is 2.24. The molecule has 0 aromatic rings. The Labute approximate surface area is 180 Å². The first-order valence-corrected chi connectivity index (χ1v) is 12.4. The van der Waals surface area contributed by atoms with Crippen molar-refractivity contribution in [1.82, 2.24) is 0 Å². The summed E-state index contributed by atoms with van der Waals surface area (Å²) in [5, 5.41) is 0. The minimum Gasteiger partial charge on any atom is -0.465 e. The van der Waals surface area contributed by atoms with Crippen LogP contribution in [0.3, 0.4) is 0 Å². The molecule has 4 nitrogen and oxygen atoms in total. The third kappa shape index (κ3) is 15.4. The summed E-state index contributed by atoms with van der Waals surface area (Å²) in [5.41, 5.74) is 0. The second-order valence-electron chi connectivity index (χ2n) is 8.37. The van der Waals surface area contributed by atoms with E-state index >= 15 is 0 Å². The lowest BCUT2D eigenvalue weighted by molar-refractivity contribution is -0.153. The minimum absolute atomic E-state index is 0.129. The van der Waals surface area contributed by atoms with Gasteiger partial charge >= 0.3 is 11.9 Å². The summed E-state index contributed by atoms with van der Waals surface area (Å²) in [6.07, 6.45) is 15.4. The summed E-state index contributed by atoms with van der Waals surface area (Å²) >= 11 is 0. The van der Waals surface area contributed by atoms with Crippen LogP contribution in [0.5, 0.6) is 0 Å². The van der Waals surface area contributed by atoms with Crippen LogP contribution in [0.25, 0.3) is 0 Å². The third-order valence-corrected chi connectivity index (χ3v) is 5.49. The Morgan fingerprint density at radius 1 is 0.552 bits per heavy atom. The fraction of sp³-hybridized carbons (Fsp3) is 0.920. The molecule has 0 aliphatic carbocycles. The van der Waals surface area contributed by atoms with Crippen molar-refractivity contribution in [1.29, 1.82) is 0 Å². The van der Waals surface area contributed by atoms with Crippen molar-refractivity contribution in [2.75, 3.05) is 13.2 Å². The molecular weight excluding hydrogens is 364 g/mol. The normalized spacial score (nSPS) is 13.1. The standard InChI is InChI=1S/C25H48O4/c1-5-9-11-13-15-19-28-24(26)22(17-7-3)21-23(18-8-4)25(27)29-20-16-14-12-10-6-2/h22-23H,5-21H2,1-4H3. The van der Waals surface area contributed by atoms with Crippen molar-refractivity contribution in [3.63, 3.8) is 0 Å². The number of hydrogen-bond donors (Lipinski definition) is 0. The van der Waals surface area contributed by atoms with Crippen LogP contribution in [0.2, 0.25) is 0 Å². The highest BCUT2D eigenvalue weighted by atomic mass is 16.5. The molecule has 0 fully saturated rings. The van der Waals surface area contributed by atoms with E-state index in [0.29, 0.717) is 19.6 Å². The quantitative estimate of drug-likeness (QED) is 0.156. The third-order valence-electron chi connectivity index (χ3n) is 5.49. The summed E-state index contributed by atoms with van der Waals surface area (Å²) in [4.78, 5) is 25.1. The second kappa shape index (κ2) is 20.2. The van der Waals surface area contributed by atoms with Crippen molar-refractivity contribution in [3.8, 4) is 0 Å². The Kier molecular flexibility index (Phi) is 19.5. The lowest BCUT2D eigenvalue weighted by Gasteiger charge is -2.21. The Morgan fingerprint density at radius 3 is 1.28 bits per heavy atom. The van der Waals surface area contributed by atoms with Gasteiger partial charge in [0.2, 0.25) is 0 Å². The summed E-state index contributed by atoms with van der Waals surface area (Å²) in [5.74, 6) is -0.639. The van der Waals surface area contributed by atoms with E-state index in [1.807, 2.05) is 0 Å². The van der Waals surface area contributed by atoms with Crippen LogP contribution in [0, 0.1) is 11.8 Å². The molecule has 0 aromatic carbocycles. The molecule has 0 spiro atoms. The molecular formula is C25H48O4. The van der Waals surface area contributed by atoms with Crippen LogP contribution in [0.4, 0.5) is 0 Å². The number of carbonyl (C=O) groups excluding carboxylic acids is 2. The summed E-state index contributed by atoms with van der Waals surface area (Å²) in [7, 11) is 0. The van der Waals surface area contributed by atoms with E-state index in [1.54, 1.807) is 0 Å². The van der Waals surface area contributed by atoms with Gasteiger partial charge in [0.25, 0.3) is 0 Å². The molecule has 0 saturated heterocycles. The van der Waals surface area contributed by atoms with Crippen molar-refractivity contribution in [3.05, 3.63) is 0 Å². The molecule has 0 heterocycles. The molecule has 0 aliphatic rings. The average molecular weight is 413 g/mol. The molecule has 0 N–H and O–H groups in total. The van der Waals surface area contributed by atoms with Crippen molar-refractivity contribution < 1.29 is 19.1 Å². The highest BCUT2D eigenvalue weighted by molar-refractivity contribution is 5.76. The van der Waals surface area contributed by atoms with Crippen molar-refractivity contribution in [2.45, 2.75) is 124 Å². The Morgan fingerprint density at radius 2 is 0.931 bits per heavy atom. The minimum atomic E-state index is -0.190. The number of rotatable bonds is 20. The zero-order chi connectivity index (χ0) is 21.7. The zero-order valence-electron chi connectivity index (χ0n) is 19.8. The van der Waals surface area contributed by atoms with Gasteiger partial charge in [0, 0.05) is 0 Å². The molecule has 0 aliphatic heterocycles. The molecule has 29 heavy (non-hydrogen) atoms. The number of ether oxygens (including phenoxy) is 2. The lowest BCUT2D eigenvalue weighted by atomic mass is 9.88. The van der Waals surface area contributed by atoms with Gasteiger partial charge in [0.05, 0.1) is 25.0 Å². The van der Waals surface area contributed by atoms with Crippen LogP contribution in [-0.2, 0) is 19.1 Å². The predicted molar refractivity (Wildman–Crippen MR) is 121 cm³/mol. The van der Waals surface area contributed by atoms with Crippen LogP contribution in [-0.4, -0.2) is 25.2 Å². The summed E-state index contributed by atoms with van der Waals surface area (Å²) in [6, 6.07) is 0. The van der Waals surface area contributed by atoms with E-state index in [9.17, 15) is 9.59 Å². The average Bonchev–Trinajstić information content (AvgIpc) is 2.71. The molecule has 0 saturated carbocycles. The molecule has 0 amide bonds. The van der Waals surface area contributed by atoms with Gasteiger partial charge in [-0.1, -0.05) is 91.9 Å². The first kappa shape index (κ1) is 27.9. The molecule has 2 atom stereocenters. The Hall–Kier alpha value is -1.06. The first-order chi connectivity index (χ1) is 14.1. The van der Waals surface area contributed by atoms with Crippen LogP contribution >= 0.6 is 0 Å². The van der Waals surface area contributed by atoms with Crippen LogP contribution in [0.1, 0.15) is 124 Å². The van der Waals surface area contributed by atoms with Gasteiger partial charge < -0.3 is 9.47 Å². The maximum absolute atomic E-state index is 12.6. The SMILES string of the molecule is CCCCCCCOC(=O)C(CCC)CC(CCC)C(=O)OCCCCCCC. The van der Waals surface area contributed by atoms with E-state index in [2.05, 4.69) is 27.7 Å². The fourth-order valence-corrected chi connectivity index (χ4v) is 3.70. The molecule has 0 bridgehead atoms. The van der Waals surface area contributed by atoms with Gasteiger partial charge in [-0.2, -0.15) is 0 Å². The zero-order valence-corrected chi connectivity index (χ0v) is 19.8. The van der Waals surface area contributed by atoms with Gasteiger partial charge in [0.1, 0.15) is 0 Å². The maximum Gasteiger partial charge on any atom is 0.308 e. The van der Waals surface area contributed by atoms with Gasteiger partial charge in [-0.15, -0.1) is 0 Å². The fourth-order valence-electron chi connectivity index (χ4n) is 3.70. The van der Waals surface area contributed by atoms with E-state index in [0.717, 1.165) is 51.4 Å². The van der Waals surface area contributed by atoms with Gasteiger partial charge in [-0.05, 0) is 32.1 Å². The molecule has 0 radical (unpaired) electrons. The van der Waals surface area contributed by atoms with Crippen molar-refractivity contribution in [2.24, 2.45) is 11.8 Å². The van der Waals surface area contributed by atoms with Crippen LogP contribution < -0.4 is 0 Å². The van der Waals surface area contributed by atoms with Gasteiger partial charge in [-0.3, -0.25) is 9.59 Å². The predicted octanol–water partition coefficient (Wildman–Crippen LogP) is 7.24. The highest BCUT2D eigenvalue weighted by Gasteiger charge is 2.28. The molecule has 0 aromatic heterocycles. The van der Waals surface area contributed by atoms with Crippen LogP contribution in [0.15, 0.2) is 0 Å². The van der Waals surface area contributed by atoms with Gasteiger partial charge in [0.15, 0.2) is 0 Å². The Bertz CT molecular complexity index is 358. The largest absolute Gasteiger partial charge is 0.465 e. The molecule has 172 valence electrons.